The molecule has 0 spiro atoms. The zero-order valence-corrected chi connectivity index (χ0v) is 19.1. The molecule has 4 aromatic rings. The smallest absolute Gasteiger partial charge is 0.223 e. The third-order valence-corrected chi connectivity index (χ3v) is 6.43. The number of aromatic nitrogens is 3. The fraction of sp³-hybridized carbons (Fsp3) is 0.280. The first kappa shape index (κ1) is 21.3. The third kappa shape index (κ3) is 4.20. The van der Waals surface area contributed by atoms with Gasteiger partial charge in [0.2, 0.25) is 5.95 Å². The molecular formula is C25H23ClFN5O2. The molecule has 1 saturated heterocycles. The summed E-state index contributed by atoms with van der Waals surface area (Å²) in [7, 11) is 0. The van der Waals surface area contributed by atoms with Crippen LogP contribution in [0.2, 0.25) is 5.02 Å². The Bertz CT molecular complexity index is 1360. The normalized spacial score (nSPS) is 16.5. The standard InChI is InChI=1S/C25H23ClFN5O2/c26-22-11-21(32-6-4-16-9-18(27)1-2-23(16)32)10-17-12-31(7-8-34-24(17)22)13-19-3-5-28-25(29-19)30-20-14-33-15-20/h1-6,9-11,20H,7-8,12-15H2,(H,28,29,30). The third-order valence-electron chi connectivity index (χ3n) is 6.15. The summed E-state index contributed by atoms with van der Waals surface area (Å²) >= 11 is 6.65. The van der Waals surface area contributed by atoms with Crippen molar-refractivity contribution in [3.63, 3.8) is 0 Å². The van der Waals surface area contributed by atoms with Crippen molar-refractivity contribution in [3.05, 3.63) is 77.0 Å². The molecule has 0 amide bonds. The minimum Gasteiger partial charge on any atom is -0.490 e. The van der Waals surface area contributed by atoms with Crippen LogP contribution in [-0.4, -0.2) is 51.8 Å². The number of ether oxygens (including phenoxy) is 2. The quantitative estimate of drug-likeness (QED) is 0.457. The first-order valence-electron chi connectivity index (χ1n) is 11.2. The van der Waals surface area contributed by atoms with E-state index < -0.39 is 0 Å². The predicted molar refractivity (Wildman–Crippen MR) is 128 cm³/mol. The van der Waals surface area contributed by atoms with Gasteiger partial charge in [0.05, 0.1) is 35.5 Å². The molecule has 2 aliphatic rings. The van der Waals surface area contributed by atoms with E-state index in [9.17, 15) is 4.39 Å². The van der Waals surface area contributed by atoms with Crippen LogP contribution in [0.4, 0.5) is 10.3 Å². The second kappa shape index (κ2) is 8.87. The number of nitrogens with zero attached hydrogens (tertiary/aromatic N) is 4. The van der Waals surface area contributed by atoms with Crippen molar-refractivity contribution in [3.8, 4) is 11.4 Å². The van der Waals surface area contributed by atoms with Gasteiger partial charge in [0, 0.05) is 48.7 Å². The number of benzene rings is 2. The molecule has 0 unspecified atom stereocenters. The predicted octanol–water partition coefficient (Wildman–Crippen LogP) is 4.42. The van der Waals surface area contributed by atoms with Crippen LogP contribution in [0.15, 0.2) is 54.9 Å². The molecule has 0 aliphatic carbocycles. The molecule has 174 valence electrons. The molecule has 1 fully saturated rings. The Kier molecular flexibility index (Phi) is 5.57. The first-order chi connectivity index (χ1) is 16.6. The topological polar surface area (TPSA) is 64.4 Å². The van der Waals surface area contributed by atoms with Crippen molar-refractivity contribution in [2.24, 2.45) is 0 Å². The van der Waals surface area contributed by atoms with E-state index in [4.69, 9.17) is 21.1 Å². The number of hydrogen-bond acceptors (Lipinski definition) is 6. The van der Waals surface area contributed by atoms with Crippen LogP contribution in [0.5, 0.6) is 5.75 Å². The Morgan fingerprint density at radius 2 is 2.06 bits per heavy atom. The molecule has 2 aromatic heterocycles. The van der Waals surface area contributed by atoms with E-state index in [0.717, 1.165) is 34.4 Å². The van der Waals surface area contributed by atoms with Gasteiger partial charge in [-0.2, -0.15) is 0 Å². The lowest BCUT2D eigenvalue weighted by Gasteiger charge is -2.27. The van der Waals surface area contributed by atoms with Crippen LogP contribution in [0, 0.1) is 5.82 Å². The van der Waals surface area contributed by atoms with Gasteiger partial charge in [-0.05, 0) is 42.5 Å². The summed E-state index contributed by atoms with van der Waals surface area (Å²) < 4.78 is 26.9. The number of fused-ring (bicyclic) bond motifs is 2. The lowest BCUT2D eigenvalue weighted by molar-refractivity contribution is 0.0207. The monoisotopic (exact) mass is 479 g/mol. The lowest BCUT2D eigenvalue weighted by atomic mass is 10.1. The van der Waals surface area contributed by atoms with E-state index in [1.807, 2.05) is 29.0 Å². The fourth-order valence-corrected chi connectivity index (χ4v) is 4.70. The van der Waals surface area contributed by atoms with Crippen molar-refractivity contribution in [2.75, 3.05) is 31.7 Å². The van der Waals surface area contributed by atoms with Gasteiger partial charge >= 0.3 is 0 Å². The number of nitrogens with one attached hydrogen (secondary N) is 1. The second-order valence-corrected chi connectivity index (χ2v) is 9.02. The van der Waals surface area contributed by atoms with Crippen LogP contribution in [0.25, 0.3) is 16.6 Å². The minimum atomic E-state index is -0.252. The number of anilines is 1. The van der Waals surface area contributed by atoms with Gasteiger partial charge < -0.3 is 19.4 Å². The van der Waals surface area contributed by atoms with Crippen molar-refractivity contribution in [1.29, 1.82) is 0 Å². The fourth-order valence-electron chi connectivity index (χ4n) is 4.41. The summed E-state index contributed by atoms with van der Waals surface area (Å²) in [4.78, 5) is 11.3. The molecule has 0 saturated carbocycles. The van der Waals surface area contributed by atoms with Gasteiger partial charge in [-0.15, -0.1) is 0 Å². The van der Waals surface area contributed by atoms with Crippen LogP contribution in [0.1, 0.15) is 11.3 Å². The lowest BCUT2D eigenvalue weighted by Crippen LogP contribution is -2.40. The van der Waals surface area contributed by atoms with Gasteiger partial charge in [-0.1, -0.05) is 11.6 Å². The molecule has 0 atom stereocenters. The Labute approximate surface area is 201 Å². The molecule has 4 heterocycles. The van der Waals surface area contributed by atoms with E-state index in [0.29, 0.717) is 49.6 Å². The van der Waals surface area contributed by atoms with Crippen LogP contribution < -0.4 is 10.1 Å². The zero-order chi connectivity index (χ0) is 23.1. The van der Waals surface area contributed by atoms with E-state index in [1.54, 1.807) is 12.3 Å². The first-order valence-corrected chi connectivity index (χ1v) is 11.6. The maximum Gasteiger partial charge on any atom is 0.223 e. The summed E-state index contributed by atoms with van der Waals surface area (Å²) in [6, 6.07) is 12.9. The highest BCUT2D eigenvalue weighted by Crippen LogP contribution is 2.35. The SMILES string of the molecule is Fc1ccc2c(ccn2-c2cc(Cl)c3c(c2)CN(Cc2ccnc(NC4COC4)n2)CCO3)c1. The second-order valence-electron chi connectivity index (χ2n) is 8.61. The molecular weight excluding hydrogens is 457 g/mol. The van der Waals surface area contributed by atoms with Crippen LogP contribution in [0.3, 0.4) is 0 Å². The molecule has 0 bridgehead atoms. The van der Waals surface area contributed by atoms with Crippen LogP contribution >= 0.6 is 11.6 Å². The number of halogens is 2. The van der Waals surface area contributed by atoms with E-state index in [1.165, 1.54) is 12.1 Å². The van der Waals surface area contributed by atoms with Gasteiger partial charge in [0.1, 0.15) is 18.2 Å². The summed E-state index contributed by atoms with van der Waals surface area (Å²) in [6.07, 6.45) is 3.71. The van der Waals surface area contributed by atoms with Gasteiger partial charge in [-0.3, -0.25) is 4.90 Å². The van der Waals surface area contributed by atoms with Crippen LogP contribution in [-0.2, 0) is 17.8 Å². The Balaban J connectivity index is 1.26. The molecule has 2 aliphatic heterocycles. The maximum absolute atomic E-state index is 13.6. The molecule has 2 aromatic carbocycles. The summed E-state index contributed by atoms with van der Waals surface area (Å²) in [5.41, 5.74) is 3.76. The molecule has 1 N–H and O–H groups in total. The van der Waals surface area contributed by atoms with E-state index in [2.05, 4.69) is 26.3 Å². The Morgan fingerprint density at radius 3 is 2.91 bits per heavy atom. The van der Waals surface area contributed by atoms with Gasteiger partial charge in [-0.25, -0.2) is 14.4 Å². The number of rotatable bonds is 5. The Morgan fingerprint density at radius 1 is 1.15 bits per heavy atom. The minimum absolute atomic E-state index is 0.252. The zero-order valence-electron chi connectivity index (χ0n) is 18.4. The van der Waals surface area contributed by atoms with E-state index >= 15 is 0 Å². The molecule has 7 nitrogen and oxygen atoms in total. The molecule has 34 heavy (non-hydrogen) atoms. The average Bonchev–Trinajstić information content (AvgIpc) is 3.09. The van der Waals surface area contributed by atoms with E-state index in [-0.39, 0.29) is 11.9 Å². The number of hydrogen-bond donors (Lipinski definition) is 1. The van der Waals surface area contributed by atoms with Crippen molar-refractivity contribution in [2.45, 2.75) is 19.1 Å². The van der Waals surface area contributed by atoms with Crippen molar-refractivity contribution < 1.29 is 13.9 Å². The van der Waals surface area contributed by atoms with Crippen molar-refractivity contribution in [1.82, 2.24) is 19.4 Å². The van der Waals surface area contributed by atoms with Crippen molar-refractivity contribution >= 4 is 28.5 Å². The van der Waals surface area contributed by atoms with Gasteiger partial charge in [0.15, 0.2) is 0 Å². The average molecular weight is 480 g/mol. The Hall–Kier alpha value is -3.20. The summed E-state index contributed by atoms with van der Waals surface area (Å²) in [5.74, 6) is 1.09. The largest absolute Gasteiger partial charge is 0.490 e. The highest BCUT2D eigenvalue weighted by Gasteiger charge is 2.22. The molecule has 6 rings (SSSR count). The molecule has 9 heteroatoms. The molecule has 0 radical (unpaired) electrons. The van der Waals surface area contributed by atoms with Gasteiger partial charge in [0.25, 0.3) is 0 Å². The summed E-state index contributed by atoms with van der Waals surface area (Å²) in [5, 5.41) is 4.70. The highest BCUT2D eigenvalue weighted by atomic mass is 35.5. The highest BCUT2D eigenvalue weighted by molar-refractivity contribution is 6.32. The summed E-state index contributed by atoms with van der Waals surface area (Å²) in [6.45, 7) is 3.97. The maximum atomic E-state index is 13.6.